The number of hydrogen-bond donors (Lipinski definition) is 1. The third-order valence-electron chi connectivity index (χ3n) is 3.38. The van der Waals surface area contributed by atoms with Gasteiger partial charge in [-0.3, -0.25) is 4.79 Å². The summed E-state index contributed by atoms with van der Waals surface area (Å²) in [5.74, 6) is 6.86. The summed E-state index contributed by atoms with van der Waals surface area (Å²) >= 11 is 0. The summed E-state index contributed by atoms with van der Waals surface area (Å²) in [4.78, 5) is 13.5. The largest absolute Gasteiger partial charge is 0.492 e. The quantitative estimate of drug-likeness (QED) is 0.840. The van der Waals surface area contributed by atoms with Crippen molar-refractivity contribution in [2.45, 2.75) is 25.7 Å². The minimum Gasteiger partial charge on any atom is -0.492 e. The van der Waals surface area contributed by atoms with Crippen LogP contribution in [0.3, 0.4) is 0 Å². The smallest absolute Gasteiger partial charge is 0.222 e. The third-order valence-corrected chi connectivity index (χ3v) is 3.38. The lowest BCUT2D eigenvalue weighted by Crippen LogP contribution is -2.38. The van der Waals surface area contributed by atoms with Crippen LogP contribution in [0.15, 0.2) is 24.3 Å². The summed E-state index contributed by atoms with van der Waals surface area (Å²) in [7, 11) is 0. The number of rotatable bonds is 5. The molecule has 4 heteroatoms. The van der Waals surface area contributed by atoms with Gasteiger partial charge < -0.3 is 14.7 Å². The molecule has 0 atom stereocenters. The number of hydrogen-bond acceptors (Lipinski definition) is 3. The number of piperidine rings is 1. The maximum Gasteiger partial charge on any atom is 0.222 e. The Bertz CT molecular complexity index is 513. The van der Waals surface area contributed by atoms with Gasteiger partial charge in [-0.05, 0) is 37.1 Å². The molecule has 21 heavy (non-hydrogen) atoms. The van der Waals surface area contributed by atoms with Gasteiger partial charge in [0.05, 0.1) is 13.2 Å². The number of amides is 1. The van der Waals surface area contributed by atoms with E-state index in [0.29, 0.717) is 26.0 Å². The first-order valence-electron chi connectivity index (χ1n) is 7.40. The molecule has 1 aliphatic rings. The standard InChI is InChI=1S/C17H21NO3/c19-13-4-2-5-15-7-9-16(10-8-15)21-14-12-18-11-3-1-6-17(18)20/h7-10,19H,1,3-4,6,11-14H2. The highest BCUT2D eigenvalue weighted by Gasteiger charge is 2.17. The molecule has 4 nitrogen and oxygen atoms in total. The molecule has 2 rings (SSSR count). The molecule has 0 unspecified atom stereocenters. The lowest BCUT2D eigenvalue weighted by Gasteiger charge is -2.26. The highest BCUT2D eigenvalue weighted by Crippen LogP contribution is 2.13. The third kappa shape index (κ3) is 5.13. The van der Waals surface area contributed by atoms with Crippen molar-refractivity contribution in [3.05, 3.63) is 29.8 Å². The molecule has 1 heterocycles. The van der Waals surface area contributed by atoms with Crippen LogP contribution in [0.4, 0.5) is 0 Å². The zero-order valence-electron chi connectivity index (χ0n) is 12.2. The zero-order chi connectivity index (χ0) is 14.9. The monoisotopic (exact) mass is 287 g/mol. The van der Waals surface area contributed by atoms with Crippen LogP contribution < -0.4 is 4.74 Å². The molecule has 0 saturated carbocycles. The molecule has 1 saturated heterocycles. The van der Waals surface area contributed by atoms with Crippen molar-refractivity contribution >= 4 is 5.91 Å². The maximum absolute atomic E-state index is 11.6. The van der Waals surface area contributed by atoms with E-state index < -0.39 is 0 Å². The first kappa shape index (κ1) is 15.4. The maximum atomic E-state index is 11.6. The van der Waals surface area contributed by atoms with Gasteiger partial charge in [-0.2, -0.15) is 0 Å². The fraction of sp³-hybridized carbons (Fsp3) is 0.471. The van der Waals surface area contributed by atoms with Crippen LogP contribution >= 0.6 is 0 Å². The van der Waals surface area contributed by atoms with E-state index in [1.165, 1.54) is 0 Å². The van der Waals surface area contributed by atoms with Crippen molar-refractivity contribution in [2.24, 2.45) is 0 Å². The Labute approximate surface area is 125 Å². The number of aliphatic hydroxyl groups excluding tert-OH is 1. The topological polar surface area (TPSA) is 49.8 Å². The summed E-state index contributed by atoms with van der Waals surface area (Å²) in [5.41, 5.74) is 0.905. The molecule has 0 aromatic heterocycles. The molecule has 0 radical (unpaired) electrons. The number of ether oxygens (including phenoxy) is 1. The Morgan fingerprint density at radius 2 is 2.05 bits per heavy atom. The number of carbonyl (C=O) groups is 1. The highest BCUT2D eigenvalue weighted by molar-refractivity contribution is 5.76. The van der Waals surface area contributed by atoms with Gasteiger partial charge in [0.15, 0.2) is 0 Å². The lowest BCUT2D eigenvalue weighted by atomic mass is 10.1. The molecule has 1 amide bonds. The number of benzene rings is 1. The van der Waals surface area contributed by atoms with E-state index in [4.69, 9.17) is 9.84 Å². The fourth-order valence-corrected chi connectivity index (χ4v) is 2.23. The van der Waals surface area contributed by atoms with Gasteiger partial charge in [-0.1, -0.05) is 11.8 Å². The van der Waals surface area contributed by atoms with Gasteiger partial charge in [0.1, 0.15) is 12.4 Å². The Morgan fingerprint density at radius 3 is 2.76 bits per heavy atom. The molecule has 0 spiro atoms. The second-order valence-corrected chi connectivity index (χ2v) is 4.99. The summed E-state index contributed by atoms with van der Waals surface area (Å²) in [5, 5.41) is 8.66. The van der Waals surface area contributed by atoms with E-state index in [1.54, 1.807) is 0 Å². The number of likely N-dealkylation sites (tertiary alicyclic amines) is 1. The first-order valence-corrected chi connectivity index (χ1v) is 7.40. The molecule has 112 valence electrons. The second-order valence-electron chi connectivity index (χ2n) is 4.99. The molecule has 1 N–H and O–H groups in total. The van der Waals surface area contributed by atoms with E-state index >= 15 is 0 Å². The van der Waals surface area contributed by atoms with Crippen molar-refractivity contribution in [1.29, 1.82) is 0 Å². The minimum atomic E-state index is 0.0867. The van der Waals surface area contributed by atoms with Gasteiger partial charge in [0.2, 0.25) is 5.91 Å². The second kappa shape index (κ2) is 8.33. The van der Waals surface area contributed by atoms with Crippen LogP contribution in [-0.2, 0) is 4.79 Å². The summed E-state index contributed by atoms with van der Waals surface area (Å²) < 4.78 is 5.66. The van der Waals surface area contributed by atoms with E-state index in [0.717, 1.165) is 30.7 Å². The SMILES string of the molecule is O=C1CCCCN1CCOc1ccc(C#CCCO)cc1. The summed E-state index contributed by atoms with van der Waals surface area (Å²) in [6.07, 6.45) is 3.26. The normalized spacial score (nSPS) is 14.5. The van der Waals surface area contributed by atoms with Crippen LogP contribution in [-0.4, -0.2) is 42.2 Å². The Balaban J connectivity index is 1.76. The molecule has 0 bridgehead atoms. The zero-order valence-corrected chi connectivity index (χ0v) is 12.2. The molecule has 1 aliphatic heterocycles. The number of aliphatic hydroxyl groups is 1. The van der Waals surface area contributed by atoms with Crippen molar-refractivity contribution in [1.82, 2.24) is 4.90 Å². The van der Waals surface area contributed by atoms with Crippen LogP contribution in [0.1, 0.15) is 31.2 Å². The molecular weight excluding hydrogens is 266 g/mol. The van der Waals surface area contributed by atoms with Gasteiger partial charge in [0.25, 0.3) is 0 Å². The first-order chi connectivity index (χ1) is 10.3. The molecule has 1 fully saturated rings. The van der Waals surface area contributed by atoms with Crippen molar-refractivity contribution in [3.8, 4) is 17.6 Å². The van der Waals surface area contributed by atoms with E-state index in [-0.39, 0.29) is 12.5 Å². The average Bonchev–Trinajstić information content (AvgIpc) is 2.51. The lowest BCUT2D eigenvalue weighted by molar-refractivity contribution is -0.133. The average molecular weight is 287 g/mol. The Hall–Kier alpha value is -1.99. The van der Waals surface area contributed by atoms with Gasteiger partial charge >= 0.3 is 0 Å². The minimum absolute atomic E-state index is 0.0867. The van der Waals surface area contributed by atoms with Crippen LogP contribution in [0.2, 0.25) is 0 Å². The van der Waals surface area contributed by atoms with E-state index in [9.17, 15) is 4.79 Å². The van der Waals surface area contributed by atoms with E-state index in [1.807, 2.05) is 29.2 Å². The van der Waals surface area contributed by atoms with E-state index in [2.05, 4.69) is 11.8 Å². The fourth-order valence-electron chi connectivity index (χ4n) is 2.23. The highest BCUT2D eigenvalue weighted by atomic mass is 16.5. The van der Waals surface area contributed by atoms with Gasteiger partial charge in [-0.25, -0.2) is 0 Å². The number of carbonyl (C=O) groups excluding carboxylic acids is 1. The molecule has 1 aromatic carbocycles. The van der Waals surface area contributed by atoms with Gasteiger partial charge in [0, 0.05) is 24.9 Å². The predicted octanol–water partition coefficient (Wildman–Crippen LogP) is 1.81. The van der Waals surface area contributed by atoms with Crippen molar-refractivity contribution in [2.75, 3.05) is 26.3 Å². The van der Waals surface area contributed by atoms with Crippen molar-refractivity contribution < 1.29 is 14.6 Å². The summed E-state index contributed by atoms with van der Waals surface area (Å²) in [6, 6.07) is 7.54. The Morgan fingerprint density at radius 1 is 1.24 bits per heavy atom. The molecule has 1 aromatic rings. The van der Waals surface area contributed by atoms with Crippen LogP contribution in [0, 0.1) is 11.8 Å². The van der Waals surface area contributed by atoms with Crippen LogP contribution in [0.5, 0.6) is 5.75 Å². The Kier molecular flexibility index (Phi) is 6.11. The number of nitrogens with zero attached hydrogens (tertiary/aromatic N) is 1. The van der Waals surface area contributed by atoms with Crippen LogP contribution in [0.25, 0.3) is 0 Å². The molecule has 0 aliphatic carbocycles. The predicted molar refractivity (Wildman–Crippen MR) is 80.9 cm³/mol. The summed E-state index contributed by atoms with van der Waals surface area (Å²) in [6.45, 7) is 2.10. The van der Waals surface area contributed by atoms with Crippen molar-refractivity contribution in [3.63, 3.8) is 0 Å². The van der Waals surface area contributed by atoms with Gasteiger partial charge in [-0.15, -0.1) is 0 Å². The molecular formula is C17H21NO3.